The van der Waals surface area contributed by atoms with Gasteiger partial charge in [0.05, 0.1) is 13.2 Å². The minimum atomic E-state index is -5.97. The molecule has 0 aliphatic carbocycles. The van der Waals surface area contributed by atoms with Gasteiger partial charge in [-0.1, -0.05) is 0 Å². The second-order valence-electron chi connectivity index (χ2n) is 2.33. The van der Waals surface area contributed by atoms with Gasteiger partial charge in [0.15, 0.2) is 5.97 Å². The average Bonchev–Trinajstić information content (AvgIpc) is 2.35. The third-order valence-corrected chi connectivity index (χ3v) is 1.41. The number of alkyl halides is 5. The summed E-state index contributed by atoms with van der Waals surface area (Å²) in [5, 5.41) is 10.7. The van der Waals surface area contributed by atoms with Gasteiger partial charge in [0.1, 0.15) is 0 Å². The van der Waals surface area contributed by atoms with Crippen molar-refractivity contribution in [2.45, 2.75) is 18.1 Å². The molecule has 1 saturated heterocycles. The van der Waals surface area contributed by atoms with Crippen molar-refractivity contribution in [3.8, 4) is 0 Å². The van der Waals surface area contributed by atoms with Crippen LogP contribution in [0.1, 0.15) is 0 Å². The Morgan fingerprint density at radius 1 is 1.00 bits per heavy atom. The summed E-state index contributed by atoms with van der Waals surface area (Å²) < 4.78 is 66.9. The van der Waals surface area contributed by atoms with Crippen LogP contribution < -0.4 is 74.0 Å². The molecule has 0 aromatic heterocycles. The Morgan fingerprint density at radius 2 is 1.36 bits per heavy atom. The molecule has 1 rings (SSSR count). The maximum absolute atomic E-state index is 12.3. The van der Waals surface area contributed by atoms with Crippen LogP contribution in [0.2, 0.25) is 0 Å². The van der Waals surface area contributed by atoms with Gasteiger partial charge in [-0.2, -0.15) is 22.0 Å². The molecule has 0 saturated carbocycles. The summed E-state index contributed by atoms with van der Waals surface area (Å²) in [5.41, 5.74) is 0. The molecule has 0 amide bonds. The number of hydrogen-bond donors (Lipinski definition) is 0. The smallest absolute Gasteiger partial charge is 0.802 e. The molecular weight excluding hydrogens is 336 g/mol. The summed E-state index contributed by atoms with van der Waals surface area (Å²) in [6.45, 7) is -1.15. The molecule has 0 bridgehead atoms. The normalized spacial score (nSPS) is 21.9. The van der Waals surface area contributed by atoms with Crippen molar-refractivity contribution in [2.75, 3.05) is 13.2 Å². The monoisotopic (exact) mass is 340 g/mol. The minimum absolute atomic E-state index is 0. The summed E-state index contributed by atoms with van der Waals surface area (Å²) in [5.74, 6) is -9.68. The van der Waals surface area contributed by atoms with E-state index in [0.717, 1.165) is 0 Å². The van der Waals surface area contributed by atoms with E-state index in [9.17, 15) is 27.1 Å². The Bertz CT molecular complexity index is 200. The van der Waals surface area contributed by atoms with Crippen LogP contribution in [0.3, 0.4) is 0 Å². The second kappa shape index (κ2) is 4.84. The second-order valence-corrected chi connectivity index (χ2v) is 2.33. The molecule has 0 aromatic carbocycles. The fraction of sp³-hybridized carbons (Fsp3) is 1.00. The minimum Gasteiger partial charge on any atom is -0.802 e. The van der Waals surface area contributed by atoms with Crippen LogP contribution in [0.4, 0.5) is 22.0 Å². The molecule has 1 fully saturated rings. The first kappa shape index (κ1) is 15.6. The van der Waals surface area contributed by atoms with E-state index in [1.165, 1.54) is 0 Å². The summed E-state index contributed by atoms with van der Waals surface area (Å²) in [6, 6.07) is 0. The van der Waals surface area contributed by atoms with Crippen LogP contribution in [-0.2, 0) is 9.47 Å². The largest absolute Gasteiger partial charge is 1.00 e. The van der Waals surface area contributed by atoms with Crippen LogP contribution in [0, 0.1) is 0 Å². The van der Waals surface area contributed by atoms with E-state index < -0.39 is 31.3 Å². The van der Waals surface area contributed by atoms with Crippen LogP contribution >= 0.6 is 0 Å². The summed E-state index contributed by atoms with van der Waals surface area (Å²) in [4.78, 5) is 0. The fourth-order valence-electron chi connectivity index (χ4n) is 0.749. The summed E-state index contributed by atoms with van der Waals surface area (Å²) in [6.07, 6.45) is -5.97. The quantitative estimate of drug-likeness (QED) is 0.486. The Morgan fingerprint density at radius 3 is 1.64 bits per heavy atom. The Hall–Kier alpha value is 1.58. The van der Waals surface area contributed by atoms with E-state index in [1.807, 2.05) is 0 Å². The molecule has 0 N–H and O–H groups in total. The van der Waals surface area contributed by atoms with Gasteiger partial charge >= 0.3 is 81.0 Å². The standard InChI is InChI=1S/C5H4F5O3.Cs/c6-3(7,4(8,9)10)5(11)12-1-2-13-5;/h1-2H2;/q-1;+1. The Labute approximate surface area is 134 Å². The van der Waals surface area contributed by atoms with Crippen molar-refractivity contribution >= 4 is 0 Å². The molecule has 14 heavy (non-hydrogen) atoms. The van der Waals surface area contributed by atoms with E-state index in [-0.39, 0.29) is 68.9 Å². The van der Waals surface area contributed by atoms with Crippen molar-refractivity contribution in [1.29, 1.82) is 0 Å². The SMILES string of the molecule is [Cs+].[O-]C1(C(F)(F)C(F)(F)F)OCCO1. The first-order valence-corrected chi connectivity index (χ1v) is 3.13. The molecule has 1 heterocycles. The summed E-state index contributed by atoms with van der Waals surface area (Å²) in [7, 11) is 0. The number of halogens is 5. The number of rotatable bonds is 1. The van der Waals surface area contributed by atoms with Crippen molar-refractivity contribution in [3.63, 3.8) is 0 Å². The van der Waals surface area contributed by atoms with E-state index >= 15 is 0 Å². The molecule has 3 nitrogen and oxygen atoms in total. The van der Waals surface area contributed by atoms with Gasteiger partial charge in [-0.25, -0.2) is 0 Å². The van der Waals surface area contributed by atoms with E-state index in [0.29, 0.717) is 0 Å². The average molecular weight is 340 g/mol. The van der Waals surface area contributed by atoms with E-state index in [2.05, 4.69) is 9.47 Å². The van der Waals surface area contributed by atoms with Crippen LogP contribution in [-0.4, -0.2) is 31.3 Å². The summed E-state index contributed by atoms with van der Waals surface area (Å²) >= 11 is 0. The molecule has 0 unspecified atom stereocenters. The molecule has 1 aliphatic rings. The van der Waals surface area contributed by atoms with Crippen LogP contribution in [0.5, 0.6) is 0 Å². The van der Waals surface area contributed by atoms with Crippen molar-refractivity contribution < 1.29 is 105 Å². The topological polar surface area (TPSA) is 41.5 Å². The molecule has 0 radical (unpaired) electrons. The Balaban J connectivity index is 0.00000169. The van der Waals surface area contributed by atoms with Gasteiger partial charge in [0, 0.05) is 0 Å². The third-order valence-electron chi connectivity index (χ3n) is 1.41. The van der Waals surface area contributed by atoms with Gasteiger partial charge in [-0.05, 0) is 0 Å². The van der Waals surface area contributed by atoms with Crippen LogP contribution in [0.15, 0.2) is 0 Å². The van der Waals surface area contributed by atoms with Crippen LogP contribution in [0.25, 0.3) is 0 Å². The van der Waals surface area contributed by atoms with E-state index in [4.69, 9.17) is 0 Å². The van der Waals surface area contributed by atoms with Gasteiger partial charge < -0.3 is 14.6 Å². The zero-order chi connectivity index (χ0) is 10.3. The predicted molar refractivity (Wildman–Crippen MR) is 25.6 cm³/mol. The number of ether oxygens (including phenoxy) is 2. The third kappa shape index (κ3) is 2.63. The van der Waals surface area contributed by atoms with Gasteiger partial charge in [0.2, 0.25) is 0 Å². The van der Waals surface area contributed by atoms with Gasteiger partial charge in [-0.15, -0.1) is 0 Å². The van der Waals surface area contributed by atoms with E-state index in [1.54, 1.807) is 0 Å². The molecule has 0 spiro atoms. The maximum Gasteiger partial charge on any atom is 1.00 e. The molecule has 0 aromatic rings. The zero-order valence-electron chi connectivity index (χ0n) is 7.03. The Kier molecular flexibility index (Phi) is 5.38. The van der Waals surface area contributed by atoms with Crippen molar-refractivity contribution in [2.24, 2.45) is 0 Å². The molecule has 0 atom stereocenters. The molecule has 9 heteroatoms. The first-order valence-electron chi connectivity index (χ1n) is 3.13. The zero-order valence-corrected chi connectivity index (χ0v) is 13.3. The maximum atomic E-state index is 12.3. The predicted octanol–water partition coefficient (Wildman–Crippen LogP) is -2.75. The first-order chi connectivity index (χ1) is 5.71. The molecule has 1 aliphatic heterocycles. The molecule has 78 valence electrons. The van der Waals surface area contributed by atoms with Gasteiger partial charge in [0.25, 0.3) is 0 Å². The van der Waals surface area contributed by atoms with Gasteiger partial charge in [-0.3, -0.25) is 0 Å². The molecular formula is C5H4CsF5O3. The van der Waals surface area contributed by atoms with Crippen molar-refractivity contribution in [1.82, 2.24) is 0 Å². The number of hydrogen-bond acceptors (Lipinski definition) is 3. The fourth-order valence-corrected chi connectivity index (χ4v) is 0.749. The van der Waals surface area contributed by atoms with Crippen molar-refractivity contribution in [3.05, 3.63) is 0 Å².